The van der Waals surface area contributed by atoms with Crippen LogP contribution in [0, 0.1) is 23.7 Å². The van der Waals surface area contributed by atoms with Gasteiger partial charge in [0.15, 0.2) is 11.6 Å². The number of carbonyl (C=O) groups excluding carboxylic acids is 4. The molecule has 0 spiro atoms. The van der Waals surface area contributed by atoms with Crippen LogP contribution in [0.1, 0.15) is 40.5 Å². The van der Waals surface area contributed by atoms with Gasteiger partial charge in [-0.2, -0.15) is 0 Å². The molecule has 0 heterocycles. The van der Waals surface area contributed by atoms with Crippen molar-refractivity contribution in [3.8, 4) is 0 Å². The molecule has 126 valence electrons. The minimum absolute atomic E-state index is 0.120. The van der Waals surface area contributed by atoms with Crippen molar-refractivity contribution in [2.24, 2.45) is 23.7 Å². The van der Waals surface area contributed by atoms with Crippen molar-refractivity contribution in [3.05, 3.63) is 0 Å². The van der Waals surface area contributed by atoms with Crippen LogP contribution < -0.4 is 0 Å². The summed E-state index contributed by atoms with van der Waals surface area (Å²) in [7, 11) is 2.49. The Bertz CT molecular complexity index is 384. The number of methoxy groups -OCH3 is 2. The summed E-state index contributed by atoms with van der Waals surface area (Å²) in [5, 5.41) is 0. The number of hydrogen-bond donors (Lipinski definition) is 0. The lowest BCUT2D eigenvalue weighted by atomic mass is 9.86. The van der Waals surface area contributed by atoms with Crippen LogP contribution in [-0.2, 0) is 28.7 Å². The van der Waals surface area contributed by atoms with E-state index in [1.54, 1.807) is 27.7 Å². The number of carbonyl (C=O) groups is 4. The Hall–Kier alpha value is -1.72. The Morgan fingerprint density at radius 3 is 1.14 bits per heavy atom. The van der Waals surface area contributed by atoms with E-state index in [4.69, 9.17) is 0 Å². The first kappa shape index (κ1) is 20.3. The molecule has 0 amide bonds. The SMILES string of the molecule is COC(=O)[C@@H](CC(=O)C(=O)C[C@H](C(=O)OC)C(C)C)C(C)C. The van der Waals surface area contributed by atoms with E-state index < -0.39 is 35.3 Å². The molecular formula is C16H26O6. The summed E-state index contributed by atoms with van der Waals surface area (Å²) in [6.07, 6.45) is -0.398. The molecule has 0 fully saturated rings. The number of hydrogen-bond acceptors (Lipinski definition) is 6. The lowest BCUT2D eigenvalue weighted by molar-refractivity contribution is -0.152. The zero-order chi connectivity index (χ0) is 17.4. The lowest BCUT2D eigenvalue weighted by Crippen LogP contribution is -2.31. The third-order valence-corrected chi connectivity index (χ3v) is 3.74. The molecule has 6 nitrogen and oxygen atoms in total. The first-order valence-corrected chi connectivity index (χ1v) is 7.37. The smallest absolute Gasteiger partial charge is 0.309 e. The second kappa shape index (κ2) is 9.33. The van der Waals surface area contributed by atoms with E-state index in [0.29, 0.717) is 0 Å². The fourth-order valence-corrected chi connectivity index (χ4v) is 2.11. The molecule has 0 aliphatic carbocycles. The van der Waals surface area contributed by atoms with Crippen LogP contribution in [0.15, 0.2) is 0 Å². The maximum absolute atomic E-state index is 12.0. The van der Waals surface area contributed by atoms with Crippen molar-refractivity contribution in [1.82, 2.24) is 0 Å². The van der Waals surface area contributed by atoms with Gasteiger partial charge in [0.1, 0.15) is 0 Å². The van der Waals surface area contributed by atoms with E-state index in [0.717, 1.165) is 0 Å². The maximum atomic E-state index is 12.0. The van der Waals surface area contributed by atoms with E-state index in [2.05, 4.69) is 9.47 Å². The number of ether oxygens (including phenoxy) is 2. The van der Waals surface area contributed by atoms with Gasteiger partial charge in [0.25, 0.3) is 0 Å². The van der Waals surface area contributed by atoms with E-state index >= 15 is 0 Å². The highest BCUT2D eigenvalue weighted by molar-refractivity contribution is 6.37. The van der Waals surface area contributed by atoms with Crippen LogP contribution in [-0.4, -0.2) is 37.7 Å². The lowest BCUT2D eigenvalue weighted by Gasteiger charge is -2.19. The fourth-order valence-electron chi connectivity index (χ4n) is 2.11. The van der Waals surface area contributed by atoms with Crippen LogP contribution in [0.5, 0.6) is 0 Å². The van der Waals surface area contributed by atoms with Crippen LogP contribution >= 0.6 is 0 Å². The van der Waals surface area contributed by atoms with Gasteiger partial charge in [0.2, 0.25) is 0 Å². The van der Waals surface area contributed by atoms with Crippen LogP contribution in [0.4, 0.5) is 0 Å². The quantitative estimate of drug-likeness (QED) is 0.476. The minimum Gasteiger partial charge on any atom is -0.469 e. The standard InChI is InChI=1S/C16H26O6/c1-9(2)11(15(19)21-5)7-13(17)14(18)8-12(10(3)4)16(20)22-6/h9-12H,7-8H2,1-6H3/t11-,12-/m0/s1. The third kappa shape index (κ3) is 5.95. The van der Waals surface area contributed by atoms with Crippen LogP contribution in [0.3, 0.4) is 0 Å². The van der Waals surface area contributed by atoms with Crippen molar-refractivity contribution in [2.45, 2.75) is 40.5 Å². The number of ketones is 2. The number of esters is 2. The highest BCUT2D eigenvalue weighted by Gasteiger charge is 2.32. The highest BCUT2D eigenvalue weighted by Crippen LogP contribution is 2.21. The van der Waals surface area contributed by atoms with Gasteiger partial charge < -0.3 is 9.47 Å². The van der Waals surface area contributed by atoms with Crippen molar-refractivity contribution >= 4 is 23.5 Å². The maximum Gasteiger partial charge on any atom is 0.309 e. The molecule has 0 aliphatic heterocycles. The van der Waals surface area contributed by atoms with Gasteiger partial charge in [-0.15, -0.1) is 0 Å². The molecule has 0 N–H and O–H groups in total. The van der Waals surface area contributed by atoms with Crippen molar-refractivity contribution in [1.29, 1.82) is 0 Å². The molecule has 0 saturated carbocycles. The first-order chi connectivity index (χ1) is 10.1. The van der Waals surface area contributed by atoms with E-state index in [9.17, 15) is 19.2 Å². The Morgan fingerprint density at radius 2 is 0.955 bits per heavy atom. The Labute approximate surface area is 131 Å². The van der Waals surface area contributed by atoms with Crippen molar-refractivity contribution in [3.63, 3.8) is 0 Å². The van der Waals surface area contributed by atoms with Gasteiger partial charge >= 0.3 is 11.9 Å². The van der Waals surface area contributed by atoms with Crippen LogP contribution in [0.25, 0.3) is 0 Å². The molecule has 0 rings (SSSR count). The van der Waals surface area contributed by atoms with Crippen molar-refractivity contribution in [2.75, 3.05) is 14.2 Å². The summed E-state index contributed by atoms with van der Waals surface area (Å²) in [5.41, 5.74) is 0. The third-order valence-electron chi connectivity index (χ3n) is 3.74. The summed E-state index contributed by atoms with van der Waals surface area (Å²) < 4.78 is 9.31. The average molecular weight is 314 g/mol. The first-order valence-electron chi connectivity index (χ1n) is 7.37. The average Bonchev–Trinajstić information content (AvgIpc) is 2.47. The molecule has 0 aromatic heterocycles. The second-order valence-corrected chi connectivity index (χ2v) is 6.00. The summed E-state index contributed by atoms with van der Waals surface area (Å²) in [4.78, 5) is 47.3. The normalized spacial score (nSPS) is 13.6. The van der Waals surface area contributed by atoms with Gasteiger partial charge in [-0.3, -0.25) is 19.2 Å². The zero-order valence-corrected chi connectivity index (χ0v) is 14.2. The molecule has 0 radical (unpaired) electrons. The van der Waals surface area contributed by atoms with E-state index in [1.165, 1.54) is 14.2 Å². The Balaban J connectivity index is 4.87. The largest absolute Gasteiger partial charge is 0.469 e. The molecule has 0 bridgehead atoms. The summed E-state index contributed by atoms with van der Waals surface area (Å²) >= 11 is 0. The molecular weight excluding hydrogens is 288 g/mol. The van der Waals surface area contributed by atoms with Gasteiger partial charge in [0, 0.05) is 12.8 Å². The van der Waals surface area contributed by atoms with Gasteiger partial charge in [-0.1, -0.05) is 27.7 Å². The molecule has 0 aromatic rings. The monoisotopic (exact) mass is 314 g/mol. The van der Waals surface area contributed by atoms with E-state index in [-0.39, 0.29) is 24.7 Å². The minimum atomic E-state index is -0.655. The fraction of sp³-hybridized carbons (Fsp3) is 0.750. The predicted octanol–water partition coefficient (Wildman–Crippen LogP) is 1.80. The topological polar surface area (TPSA) is 86.7 Å². The van der Waals surface area contributed by atoms with Gasteiger partial charge in [-0.25, -0.2) is 0 Å². The highest BCUT2D eigenvalue weighted by atomic mass is 16.5. The Kier molecular flexibility index (Phi) is 8.60. The molecule has 0 aliphatic rings. The van der Waals surface area contributed by atoms with Crippen LogP contribution in [0.2, 0.25) is 0 Å². The zero-order valence-electron chi connectivity index (χ0n) is 14.2. The summed E-state index contributed by atoms with van der Waals surface area (Å²) in [6.45, 7) is 7.13. The molecule has 22 heavy (non-hydrogen) atoms. The molecule has 0 unspecified atom stereocenters. The van der Waals surface area contributed by atoms with Gasteiger partial charge in [0.05, 0.1) is 26.1 Å². The molecule has 0 aromatic carbocycles. The van der Waals surface area contributed by atoms with E-state index in [1.807, 2.05) is 0 Å². The summed E-state index contributed by atoms with van der Waals surface area (Å²) in [5.74, 6) is -3.88. The summed E-state index contributed by atoms with van der Waals surface area (Å²) in [6, 6.07) is 0. The predicted molar refractivity (Wildman–Crippen MR) is 79.9 cm³/mol. The number of Topliss-reactive ketones (excluding diaryl/α,β-unsaturated/α-hetero) is 2. The molecule has 2 atom stereocenters. The number of rotatable bonds is 9. The molecule has 0 saturated heterocycles. The van der Waals surface area contributed by atoms with Gasteiger partial charge in [-0.05, 0) is 11.8 Å². The molecule has 6 heteroatoms. The Morgan fingerprint density at radius 1 is 0.682 bits per heavy atom. The second-order valence-electron chi connectivity index (χ2n) is 6.00. The van der Waals surface area contributed by atoms with Crippen molar-refractivity contribution < 1.29 is 28.7 Å².